The summed E-state index contributed by atoms with van der Waals surface area (Å²) in [5.74, 6) is 0. The van der Waals surface area contributed by atoms with Gasteiger partial charge in [-0.2, -0.15) is 0 Å². The van der Waals surface area contributed by atoms with Crippen LogP contribution in [0, 0.1) is 5.41 Å². The van der Waals surface area contributed by atoms with E-state index in [9.17, 15) is 0 Å². The van der Waals surface area contributed by atoms with E-state index in [-0.39, 0.29) is 0 Å². The number of fused-ring (bicyclic) bond motifs is 1. The Hall–Kier alpha value is -0.230. The quantitative estimate of drug-likeness (QED) is 0.796. The van der Waals surface area contributed by atoms with Crippen LogP contribution in [0.5, 0.6) is 0 Å². The number of rotatable bonds is 3. The molecule has 0 amide bonds. The summed E-state index contributed by atoms with van der Waals surface area (Å²) in [4.78, 5) is 7.65. The first-order valence-electron chi connectivity index (χ1n) is 6.96. The van der Waals surface area contributed by atoms with Crippen molar-refractivity contribution in [1.29, 1.82) is 0 Å². The molecule has 2 aromatic rings. The molecular weight excluding hydrogens is 352 g/mol. The molecule has 1 N–H and O–H groups in total. The van der Waals surface area contributed by atoms with Gasteiger partial charge in [0, 0.05) is 15.4 Å². The van der Waals surface area contributed by atoms with Gasteiger partial charge in [0.05, 0.1) is 10.6 Å². The third-order valence-corrected chi connectivity index (χ3v) is 6.91. The van der Waals surface area contributed by atoms with Gasteiger partial charge < -0.3 is 5.32 Å². The molecule has 0 radical (unpaired) electrons. The van der Waals surface area contributed by atoms with Crippen LogP contribution < -0.4 is 5.32 Å². The predicted molar refractivity (Wildman–Crippen MR) is 91.6 cm³/mol. The Morgan fingerprint density at radius 3 is 2.95 bits per heavy atom. The normalized spacial score (nSPS) is 20.9. The molecule has 0 aromatic carbocycles. The molecular formula is C15H19BrN2S2. The van der Waals surface area contributed by atoms with Gasteiger partial charge in [0.25, 0.3) is 0 Å². The third-order valence-electron chi connectivity index (χ3n) is 3.71. The summed E-state index contributed by atoms with van der Waals surface area (Å²) < 4.78 is 1.16. The smallest absolute Gasteiger partial charge is 0.135 e. The van der Waals surface area contributed by atoms with E-state index >= 15 is 0 Å². The molecule has 2 nitrogen and oxygen atoms in total. The number of halogens is 1. The maximum atomic E-state index is 4.94. The van der Waals surface area contributed by atoms with Gasteiger partial charge in [0.2, 0.25) is 0 Å². The number of nitrogens with zero attached hydrogens (tertiary/aromatic N) is 1. The number of thiophene rings is 1. The maximum absolute atomic E-state index is 4.94. The number of aromatic nitrogens is 1. The molecule has 1 unspecified atom stereocenters. The second kappa shape index (κ2) is 5.52. The highest BCUT2D eigenvalue weighted by Gasteiger charge is 2.35. The standard InChI is InChI=1S/C15H19BrN2S2/c1-4-17-10-7-15(2,3)8-11-13(10)20-14(18-11)12-9(16)5-6-19-12/h5-6,10,17H,4,7-8H2,1-3H3. The van der Waals surface area contributed by atoms with Crippen molar-refractivity contribution in [2.24, 2.45) is 5.41 Å². The highest BCUT2D eigenvalue weighted by Crippen LogP contribution is 2.46. The SMILES string of the molecule is CCNC1CC(C)(C)Cc2nc(-c3sccc3Br)sc21. The molecule has 20 heavy (non-hydrogen) atoms. The molecule has 0 bridgehead atoms. The van der Waals surface area contributed by atoms with Gasteiger partial charge in [-0.15, -0.1) is 22.7 Å². The minimum absolute atomic E-state index is 0.331. The van der Waals surface area contributed by atoms with Crippen molar-refractivity contribution in [1.82, 2.24) is 10.3 Å². The third kappa shape index (κ3) is 2.73. The van der Waals surface area contributed by atoms with Crippen LogP contribution in [0.2, 0.25) is 0 Å². The summed E-state index contributed by atoms with van der Waals surface area (Å²) >= 11 is 7.25. The first kappa shape index (κ1) is 14.7. The van der Waals surface area contributed by atoms with Crippen molar-refractivity contribution in [3.63, 3.8) is 0 Å². The molecule has 3 rings (SSSR count). The van der Waals surface area contributed by atoms with Crippen molar-refractivity contribution in [2.45, 2.75) is 39.7 Å². The fraction of sp³-hybridized carbons (Fsp3) is 0.533. The number of hydrogen-bond acceptors (Lipinski definition) is 4. The maximum Gasteiger partial charge on any atom is 0.135 e. The van der Waals surface area contributed by atoms with Crippen molar-refractivity contribution in [3.05, 3.63) is 26.5 Å². The van der Waals surface area contributed by atoms with Crippen molar-refractivity contribution in [2.75, 3.05) is 6.54 Å². The average molecular weight is 371 g/mol. The second-order valence-corrected chi connectivity index (χ2v) is 8.88. The highest BCUT2D eigenvalue weighted by atomic mass is 79.9. The summed E-state index contributed by atoms with van der Waals surface area (Å²) in [6.07, 6.45) is 2.28. The lowest BCUT2D eigenvalue weighted by Gasteiger charge is -2.34. The molecule has 0 fully saturated rings. The first-order chi connectivity index (χ1) is 9.50. The minimum Gasteiger partial charge on any atom is -0.309 e. The summed E-state index contributed by atoms with van der Waals surface area (Å²) in [7, 11) is 0. The molecule has 0 saturated heterocycles. The minimum atomic E-state index is 0.331. The number of thiazole rings is 1. The van der Waals surface area contributed by atoms with Crippen LogP contribution in [0.4, 0.5) is 0 Å². The largest absolute Gasteiger partial charge is 0.309 e. The highest BCUT2D eigenvalue weighted by molar-refractivity contribution is 9.10. The predicted octanol–water partition coefficient (Wildman–Crippen LogP) is 5.26. The van der Waals surface area contributed by atoms with Crippen LogP contribution in [-0.2, 0) is 6.42 Å². The lowest BCUT2D eigenvalue weighted by molar-refractivity contribution is 0.260. The lowest BCUT2D eigenvalue weighted by Crippen LogP contribution is -2.32. The molecule has 0 aliphatic heterocycles. The van der Waals surface area contributed by atoms with E-state index in [4.69, 9.17) is 4.98 Å². The van der Waals surface area contributed by atoms with E-state index in [1.165, 1.54) is 21.9 Å². The Labute approximate surface area is 136 Å². The molecule has 5 heteroatoms. The topological polar surface area (TPSA) is 24.9 Å². The van der Waals surface area contributed by atoms with Crippen LogP contribution in [0.3, 0.4) is 0 Å². The Kier molecular flexibility index (Phi) is 4.06. The summed E-state index contributed by atoms with van der Waals surface area (Å²) in [5, 5.41) is 6.91. The zero-order valence-electron chi connectivity index (χ0n) is 12.0. The van der Waals surface area contributed by atoms with Crippen LogP contribution >= 0.6 is 38.6 Å². The fourth-order valence-corrected chi connectivity index (χ4v) is 5.84. The van der Waals surface area contributed by atoms with E-state index in [2.05, 4.69) is 53.5 Å². The second-order valence-electron chi connectivity index (χ2n) is 6.08. The molecule has 2 aromatic heterocycles. The van der Waals surface area contributed by atoms with Gasteiger partial charge in [0.15, 0.2) is 0 Å². The monoisotopic (exact) mass is 370 g/mol. The number of nitrogens with one attached hydrogen (secondary N) is 1. The Morgan fingerprint density at radius 1 is 1.50 bits per heavy atom. The van der Waals surface area contributed by atoms with Crippen LogP contribution in [-0.4, -0.2) is 11.5 Å². The molecule has 1 atom stereocenters. The van der Waals surface area contributed by atoms with Gasteiger partial charge >= 0.3 is 0 Å². The van der Waals surface area contributed by atoms with Crippen molar-refractivity contribution >= 4 is 38.6 Å². The van der Waals surface area contributed by atoms with E-state index < -0.39 is 0 Å². The first-order valence-corrected chi connectivity index (χ1v) is 9.45. The fourth-order valence-electron chi connectivity index (χ4n) is 2.89. The van der Waals surface area contributed by atoms with E-state index in [0.717, 1.165) is 22.4 Å². The molecule has 1 aliphatic rings. The average Bonchev–Trinajstić information content (AvgIpc) is 2.93. The van der Waals surface area contributed by atoms with E-state index in [1.54, 1.807) is 11.3 Å². The van der Waals surface area contributed by atoms with Gasteiger partial charge in [-0.05, 0) is 52.2 Å². The summed E-state index contributed by atoms with van der Waals surface area (Å²) in [6, 6.07) is 2.57. The van der Waals surface area contributed by atoms with Gasteiger partial charge in [-0.25, -0.2) is 4.98 Å². The lowest BCUT2D eigenvalue weighted by atomic mass is 9.76. The van der Waals surface area contributed by atoms with Gasteiger partial charge in [-0.3, -0.25) is 0 Å². The van der Waals surface area contributed by atoms with Gasteiger partial charge in [0.1, 0.15) is 5.01 Å². The zero-order chi connectivity index (χ0) is 14.3. The number of hydrogen-bond donors (Lipinski definition) is 1. The molecule has 2 heterocycles. The van der Waals surface area contributed by atoms with Crippen molar-refractivity contribution < 1.29 is 0 Å². The van der Waals surface area contributed by atoms with E-state index in [1.807, 2.05) is 11.3 Å². The summed E-state index contributed by atoms with van der Waals surface area (Å²) in [5.41, 5.74) is 1.63. The molecule has 1 aliphatic carbocycles. The Morgan fingerprint density at radius 2 is 2.30 bits per heavy atom. The Bertz CT molecular complexity index is 615. The summed E-state index contributed by atoms with van der Waals surface area (Å²) in [6.45, 7) is 7.88. The van der Waals surface area contributed by atoms with Crippen LogP contribution in [0.15, 0.2) is 15.9 Å². The van der Waals surface area contributed by atoms with Crippen LogP contribution in [0.25, 0.3) is 9.88 Å². The zero-order valence-corrected chi connectivity index (χ0v) is 15.2. The van der Waals surface area contributed by atoms with Gasteiger partial charge in [-0.1, -0.05) is 20.8 Å². The Balaban J connectivity index is 2.02. The van der Waals surface area contributed by atoms with Crippen molar-refractivity contribution in [3.8, 4) is 9.88 Å². The molecule has 108 valence electrons. The van der Waals surface area contributed by atoms with E-state index in [0.29, 0.717) is 11.5 Å². The molecule has 0 spiro atoms. The molecule has 0 saturated carbocycles. The van der Waals surface area contributed by atoms with Crippen LogP contribution in [0.1, 0.15) is 43.8 Å².